The summed E-state index contributed by atoms with van der Waals surface area (Å²) in [6.45, 7) is 2.01. The number of hydrogen-bond acceptors (Lipinski definition) is 4. The molecule has 1 atom stereocenters. The smallest absolute Gasteiger partial charge is 0.246 e. The van der Waals surface area contributed by atoms with Crippen molar-refractivity contribution in [2.24, 2.45) is 0 Å². The zero-order valence-corrected chi connectivity index (χ0v) is 14.0. The quantitative estimate of drug-likeness (QED) is 0.656. The van der Waals surface area contributed by atoms with Gasteiger partial charge in [0.25, 0.3) is 0 Å². The minimum absolute atomic E-state index is 0.0137. The molecule has 2 heterocycles. The first kappa shape index (κ1) is 14.9. The standard InChI is InChI=1S/C17H16N2OS2/c1-12(17-18-14-7-3-4-8-15(14)22-17)19(2)16(20)10-9-13-6-5-11-21-13/h3-12H,1-2H3/b10-9+. The molecule has 0 spiro atoms. The Morgan fingerprint density at radius 1 is 1.27 bits per heavy atom. The van der Waals surface area contributed by atoms with E-state index in [1.807, 2.05) is 55.8 Å². The van der Waals surface area contributed by atoms with Crippen LogP contribution in [0.15, 0.2) is 47.9 Å². The number of para-hydroxylation sites is 1. The Morgan fingerprint density at radius 3 is 2.82 bits per heavy atom. The number of rotatable bonds is 4. The summed E-state index contributed by atoms with van der Waals surface area (Å²) < 4.78 is 1.15. The molecule has 0 aliphatic carbocycles. The van der Waals surface area contributed by atoms with Gasteiger partial charge in [0, 0.05) is 18.0 Å². The second kappa shape index (κ2) is 6.42. The van der Waals surface area contributed by atoms with Gasteiger partial charge in [-0.3, -0.25) is 4.79 Å². The predicted molar refractivity (Wildman–Crippen MR) is 94.2 cm³/mol. The molecule has 22 heavy (non-hydrogen) atoms. The van der Waals surface area contributed by atoms with Crippen molar-refractivity contribution in [3.63, 3.8) is 0 Å². The third-order valence-electron chi connectivity index (χ3n) is 3.53. The van der Waals surface area contributed by atoms with Gasteiger partial charge in [-0.2, -0.15) is 0 Å². The van der Waals surface area contributed by atoms with Crippen molar-refractivity contribution in [1.82, 2.24) is 9.88 Å². The van der Waals surface area contributed by atoms with Crippen LogP contribution in [-0.2, 0) is 4.79 Å². The lowest BCUT2D eigenvalue weighted by atomic mass is 10.3. The molecular weight excluding hydrogens is 312 g/mol. The van der Waals surface area contributed by atoms with E-state index in [1.54, 1.807) is 33.6 Å². The fourth-order valence-corrected chi connectivity index (χ4v) is 3.76. The summed E-state index contributed by atoms with van der Waals surface area (Å²) in [6, 6.07) is 12.0. The summed E-state index contributed by atoms with van der Waals surface area (Å²) in [5.41, 5.74) is 0.990. The molecule has 1 amide bonds. The molecule has 5 heteroatoms. The van der Waals surface area contributed by atoms with E-state index in [2.05, 4.69) is 11.1 Å². The van der Waals surface area contributed by atoms with E-state index in [1.165, 1.54) is 0 Å². The normalized spacial score (nSPS) is 12.8. The Morgan fingerprint density at radius 2 is 2.09 bits per heavy atom. The maximum atomic E-state index is 12.3. The summed E-state index contributed by atoms with van der Waals surface area (Å²) in [7, 11) is 1.82. The fourth-order valence-electron chi connectivity index (χ4n) is 2.08. The summed E-state index contributed by atoms with van der Waals surface area (Å²) in [4.78, 5) is 19.7. The van der Waals surface area contributed by atoms with E-state index in [0.29, 0.717) is 0 Å². The number of carbonyl (C=O) groups excluding carboxylic acids is 1. The van der Waals surface area contributed by atoms with Crippen molar-refractivity contribution in [3.8, 4) is 0 Å². The van der Waals surface area contributed by atoms with Crippen molar-refractivity contribution >= 4 is 44.9 Å². The zero-order chi connectivity index (χ0) is 15.5. The molecule has 0 N–H and O–H groups in total. The van der Waals surface area contributed by atoms with Gasteiger partial charge in [0.2, 0.25) is 5.91 Å². The number of nitrogens with zero attached hydrogens (tertiary/aromatic N) is 2. The number of benzene rings is 1. The average Bonchev–Trinajstić information content (AvgIpc) is 3.19. The van der Waals surface area contributed by atoms with Crippen molar-refractivity contribution in [1.29, 1.82) is 0 Å². The van der Waals surface area contributed by atoms with Gasteiger partial charge >= 0.3 is 0 Å². The number of thiazole rings is 1. The summed E-state index contributed by atoms with van der Waals surface area (Å²) in [6.07, 6.45) is 3.48. The summed E-state index contributed by atoms with van der Waals surface area (Å²) in [5, 5.41) is 2.96. The number of aromatic nitrogens is 1. The molecule has 0 saturated heterocycles. The first-order valence-corrected chi connectivity index (χ1v) is 8.68. The maximum absolute atomic E-state index is 12.3. The number of carbonyl (C=O) groups is 1. The summed E-state index contributed by atoms with van der Waals surface area (Å²) in [5.74, 6) is -0.0137. The van der Waals surface area contributed by atoms with E-state index in [4.69, 9.17) is 0 Å². The van der Waals surface area contributed by atoms with Crippen LogP contribution in [0, 0.1) is 0 Å². The highest BCUT2D eigenvalue weighted by molar-refractivity contribution is 7.18. The van der Waals surface area contributed by atoms with Crippen molar-refractivity contribution in [2.75, 3.05) is 7.05 Å². The first-order valence-electron chi connectivity index (χ1n) is 6.99. The largest absolute Gasteiger partial charge is 0.333 e. The van der Waals surface area contributed by atoms with Gasteiger partial charge < -0.3 is 4.90 Å². The van der Waals surface area contributed by atoms with Crippen LogP contribution < -0.4 is 0 Å². The number of likely N-dealkylation sites (N-methyl/N-ethyl adjacent to an activating group) is 1. The van der Waals surface area contributed by atoms with Crippen LogP contribution in [0.2, 0.25) is 0 Å². The molecule has 0 fully saturated rings. The molecule has 3 nitrogen and oxygen atoms in total. The minimum atomic E-state index is -0.0436. The van der Waals surface area contributed by atoms with Crippen LogP contribution >= 0.6 is 22.7 Å². The second-order valence-corrected chi connectivity index (χ2v) is 7.04. The number of fused-ring (bicyclic) bond motifs is 1. The fraction of sp³-hybridized carbons (Fsp3) is 0.176. The van der Waals surface area contributed by atoms with Gasteiger partial charge in [0.1, 0.15) is 5.01 Å². The van der Waals surface area contributed by atoms with Crippen LogP contribution in [0.3, 0.4) is 0 Å². The molecular formula is C17H16N2OS2. The molecule has 3 rings (SSSR count). The molecule has 1 unspecified atom stereocenters. The Kier molecular flexibility index (Phi) is 4.36. The van der Waals surface area contributed by atoms with Gasteiger partial charge in [0.05, 0.1) is 16.3 Å². The number of hydrogen-bond donors (Lipinski definition) is 0. The van der Waals surface area contributed by atoms with Gasteiger partial charge in [-0.25, -0.2) is 4.98 Å². The highest BCUT2D eigenvalue weighted by Gasteiger charge is 2.19. The molecule has 1 aromatic carbocycles. The molecule has 2 aromatic heterocycles. The van der Waals surface area contributed by atoms with E-state index in [0.717, 1.165) is 20.1 Å². The Labute approximate surface area is 137 Å². The molecule has 112 valence electrons. The second-order valence-electron chi connectivity index (χ2n) is 4.99. The summed E-state index contributed by atoms with van der Waals surface area (Å²) >= 11 is 3.26. The lowest BCUT2D eigenvalue weighted by Gasteiger charge is -2.21. The monoisotopic (exact) mass is 328 g/mol. The van der Waals surface area contributed by atoms with Crippen LogP contribution in [-0.4, -0.2) is 22.8 Å². The first-order chi connectivity index (χ1) is 10.6. The Bertz CT molecular complexity index is 772. The maximum Gasteiger partial charge on any atom is 0.246 e. The SMILES string of the molecule is CC(c1nc2ccccc2s1)N(C)C(=O)/C=C/c1cccs1. The third kappa shape index (κ3) is 3.10. The average molecular weight is 328 g/mol. The zero-order valence-electron chi connectivity index (χ0n) is 12.4. The van der Waals surface area contributed by atoms with Gasteiger partial charge in [0.15, 0.2) is 0 Å². The topological polar surface area (TPSA) is 33.2 Å². The molecule has 0 bridgehead atoms. The molecule has 0 saturated carbocycles. The number of amides is 1. The van der Waals surface area contributed by atoms with E-state index in [-0.39, 0.29) is 11.9 Å². The molecule has 3 aromatic rings. The van der Waals surface area contributed by atoms with Crippen LogP contribution in [0.4, 0.5) is 0 Å². The highest BCUT2D eigenvalue weighted by Crippen LogP contribution is 2.28. The van der Waals surface area contributed by atoms with Gasteiger partial charge in [-0.15, -0.1) is 22.7 Å². The molecule has 0 aliphatic rings. The minimum Gasteiger partial charge on any atom is -0.333 e. The highest BCUT2D eigenvalue weighted by atomic mass is 32.1. The Hall–Kier alpha value is -1.98. The third-order valence-corrected chi connectivity index (χ3v) is 5.57. The van der Waals surface area contributed by atoms with Crippen LogP contribution in [0.5, 0.6) is 0 Å². The van der Waals surface area contributed by atoms with Gasteiger partial charge in [-0.1, -0.05) is 18.2 Å². The van der Waals surface area contributed by atoms with Crippen LogP contribution in [0.25, 0.3) is 16.3 Å². The molecule has 0 radical (unpaired) electrons. The van der Waals surface area contributed by atoms with E-state index in [9.17, 15) is 4.79 Å². The van der Waals surface area contributed by atoms with Crippen molar-refractivity contribution in [3.05, 3.63) is 57.7 Å². The lowest BCUT2D eigenvalue weighted by Crippen LogP contribution is -2.27. The van der Waals surface area contributed by atoms with Gasteiger partial charge in [-0.05, 0) is 36.6 Å². The van der Waals surface area contributed by atoms with E-state index < -0.39 is 0 Å². The van der Waals surface area contributed by atoms with E-state index >= 15 is 0 Å². The molecule has 0 aliphatic heterocycles. The Balaban J connectivity index is 1.75. The lowest BCUT2D eigenvalue weighted by molar-refractivity contribution is -0.126. The van der Waals surface area contributed by atoms with Crippen molar-refractivity contribution < 1.29 is 4.79 Å². The van der Waals surface area contributed by atoms with Crippen LogP contribution in [0.1, 0.15) is 22.9 Å². The predicted octanol–water partition coefficient (Wildman–Crippen LogP) is 4.59. The number of thiophene rings is 1. The van der Waals surface area contributed by atoms with Crippen molar-refractivity contribution in [2.45, 2.75) is 13.0 Å².